The third-order valence-electron chi connectivity index (χ3n) is 2.88. The van der Waals surface area contributed by atoms with Crippen LogP contribution in [-0.4, -0.2) is 48.9 Å². The van der Waals surface area contributed by atoms with E-state index >= 15 is 0 Å². The first kappa shape index (κ1) is 12.0. The van der Waals surface area contributed by atoms with Crippen molar-refractivity contribution in [3.8, 4) is 6.07 Å². The molecule has 1 rings (SSSR count). The molecule has 15 heavy (non-hydrogen) atoms. The summed E-state index contributed by atoms with van der Waals surface area (Å²) in [5.41, 5.74) is 0. The SMILES string of the molecule is CC1CCN(C(=O)CN(C)CC#N)CC1. The Labute approximate surface area is 91.5 Å². The van der Waals surface area contributed by atoms with Crippen LogP contribution in [0.5, 0.6) is 0 Å². The van der Waals surface area contributed by atoms with Gasteiger partial charge in [-0.2, -0.15) is 5.26 Å². The maximum atomic E-state index is 11.8. The van der Waals surface area contributed by atoms with Gasteiger partial charge in [-0.15, -0.1) is 0 Å². The summed E-state index contributed by atoms with van der Waals surface area (Å²) < 4.78 is 0. The minimum Gasteiger partial charge on any atom is -0.342 e. The van der Waals surface area contributed by atoms with Crippen LogP contribution in [0, 0.1) is 17.2 Å². The lowest BCUT2D eigenvalue weighted by molar-refractivity contribution is -0.133. The molecule has 0 saturated carbocycles. The lowest BCUT2D eigenvalue weighted by atomic mass is 9.99. The standard InChI is InChI=1S/C11H19N3O/c1-10-3-6-14(7-4-10)11(15)9-13(2)8-5-12/h10H,3-4,6-9H2,1-2H3. The second kappa shape index (κ2) is 5.72. The van der Waals surface area contributed by atoms with Crippen molar-refractivity contribution in [1.29, 1.82) is 5.26 Å². The van der Waals surface area contributed by atoms with Crippen LogP contribution in [0.1, 0.15) is 19.8 Å². The van der Waals surface area contributed by atoms with Crippen LogP contribution in [0.4, 0.5) is 0 Å². The molecular formula is C11H19N3O. The van der Waals surface area contributed by atoms with E-state index in [0.29, 0.717) is 13.1 Å². The maximum absolute atomic E-state index is 11.8. The van der Waals surface area contributed by atoms with E-state index in [2.05, 4.69) is 6.92 Å². The number of rotatable bonds is 3. The molecule has 1 amide bonds. The van der Waals surface area contributed by atoms with Gasteiger partial charge in [0.25, 0.3) is 0 Å². The normalized spacial score (nSPS) is 17.9. The Kier molecular flexibility index (Phi) is 4.57. The Morgan fingerprint density at radius 3 is 2.67 bits per heavy atom. The van der Waals surface area contributed by atoms with E-state index in [4.69, 9.17) is 5.26 Å². The number of nitriles is 1. The van der Waals surface area contributed by atoms with Crippen LogP contribution < -0.4 is 0 Å². The van der Waals surface area contributed by atoms with E-state index in [9.17, 15) is 4.79 Å². The zero-order valence-corrected chi connectivity index (χ0v) is 9.57. The largest absolute Gasteiger partial charge is 0.342 e. The first-order valence-electron chi connectivity index (χ1n) is 5.46. The zero-order chi connectivity index (χ0) is 11.3. The highest BCUT2D eigenvalue weighted by Gasteiger charge is 2.20. The number of amides is 1. The van der Waals surface area contributed by atoms with Gasteiger partial charge >= 0.3 is 0 Å². The van der Waals surface area contributed by atoms with Gasteiger partial charge in [0, 0.05) is 13.1 Å². The van der Waals surface area contributed by atoms with Crippen molar-refractivity contribution in [3.05, 3.63) is 0 Å². The number of likely N-dealkylation sites (N-methyl/N-ethyl adjacent to an activating group) is 1. The molecule has 4 nitrogen and oxygen atoms in total. The third-order valence-corrected chi connectivity index (χ3v) is 2.88. The van der Waals surface area contributed by atoms with Crippen LogP contribution >= 0.6 is 0 Å². The van der Waals surface area contributed by atoms with E-state index in [-0.39, 0.29) is 5.91 Å². The molecule has 0 N–H and O–H groups in total. The van der Waals surface area contributed by atoms with Crippen molar-refractivity contribution in [2.45, 2.75) is 19.8 Å². The number of nitrogens with zero attached hydrogens (tertiary/aromatic N) is 3. The summed E-state index contributed by atoms with van der Waals surface area (Å²) in [6.45, 7) is 4.66. The van der Waals surface area contributed by atoms with E-state index < -0.39 is 0 Å². The van der Waals surface area contributed by atoms with Crippen LogP contribution in [0.2, 0.25) is 0 Å². The van der Waals surface area contributed by atoms with Crippen molar-refractivity contribution in [1.82, 2.24) is 9.80 Å². The molecular weight excluding hydrogens is 190 g/mol. The second-order valence-electron chi connectivity index (χ2n) is 4.39. The van der Waals surface area contributed by atoms with Crippen LogP contribution in [0.15, 0.2) is 0 Å². The predicted octanol–water partition coefficient (Wildman–Crippen LogP) is 0.700. The van der Waals surface area contributed by atoms with Gasteiger partial charge < -0.3 is 4.90 Å². The molecule has 0 aromatic rings. The van der Waals surface area contributed by atoms with Crippen molar-refractivity contribution in [2.75, 3.05) is 33.2 Å². The van der Waals surface area contributed by atoms with E-state index in [0.717, 1.165) is 31.8 Å². The zero-order valence-electron chi connectivity index (χ0n) is 9.57. The molecule has 0 radical (unpaired) electrons. The van der Waals surface area contributed by atoms with Crippen LogP contribution in [0.3, 0.4) is 0 Å². The molecule has 0 atom stereocenters. The second-order valence-corrected chi connectivity index (χ2v) is 4.39. The smallest absolute Gasteiger partial charge is 0.236 e. The summed E-state index contributed by atoms with van der Waals surface area (Å²) in [6.07, 6.45) is 2.21. The van der Waals surface area contributed by atoms with Crippen molar-refractivity contribution >= 4 is 5.91 Å². The molecule has 1 saturated heterocycles. The molecule has 0 unspecified atom stereocenters. The fourth-order valence-electron chi connectivity index (χ4n) is 1.77. The van der Waals surface area contributed by atoms with Gasteiger partial charge in [-0.3, -0.25) is 9.69 Å². The monoisotopic (exact) mass is 209 g/mol. The number of hydrogen-bond donors (Lipinski definition) is 0. The van der Waals surface area contributed by atoms with E-state index in [1.807, 2.05) is 11.0 Å². The molecule has 0 aliphatic carbocycles. The van der Waals surface area contributed by atoms with Gasteiger partial charge in [0.2, 0.25) is 5.91 Å². The molecule has 1 aliphatic heterocycles. The van der Waals surface area contributed by atoms with E-state index in [1.54, 1.807) is 11.9 Å². The molecule has 0 aromatic heterocycles. The quantitative estimate of drug-likeness (QED) is 0.643. The molecule has 84 valence electrons. The fourth-order valence-corrected chi connectivity index (χ4v) is 1.77. The predicted molar refractivity (Wildman–Crippen MR) is 58.1 cm³/mol. The first-order valence-corrected chi connectivity index (χ1v) is 5.46. The minimum absolute atomic E-state index is 0.152. The number of likely N-dealkylation sites (tertiary alicyclic amines) is 1. The van der Waals surface area contributed by atoms with Gasteiger partial charge in [0.05, 0.1) is 19.2 Å². The van der Waals surface area contributed by atoms with E-state index in [1.165, 1.54) is 0 Å². The minimum atomic E-state index is 0.152. The molecule has 4 heteroatoms. The van der Waals surface area contributed by atoms with Crippen LogP contribution in [0.25, 0.3) is 0 Å². The topological polar surface area (TPSA) is 47.3 Å². The number of hydrogen-bond acceptors (Lipinski definition) is 3. The summed E-state index contributed by atoms with van der Waals surface area (Å²) in [7, 11) is 1.80. The molecule has 0 spiro atoms. The van der Waals surface area contributed by atoms with Gasteiger partial charge in [-0.05, 0) is 25.8 Å². The van der Waals surface area contributed by atoms with Gasteiger partial charge in [0.1, 0.15) is 0 Å². The Balaban J connectivity index is 2.31. The van der Waals surface area contributed by atoms with Crippen molar-refractivity contribution < 1.29 is 4.79 Å². The lowest BCUT2D eigenvalue weighted by Crippen LogP contribution is -2.43. The maximum Gasteiger partial charge on any atom is 0.236 e. The molecule has 1 heterocycles. The summed E-state index contributed by atoms with van der Waals surface area (Å²) in [6, 6.07) is 2.04. The van der Waals surface area contributed by atoms with Gasteiger partial charge in [0.15, 0.2) is 0 Å². The van der Waals surface area contributed by atoms with Crippen molar-refractivity contribution in [3.63, 3.8) is 0 Å². The molecule has 1 aliphatic rings. The Hall–Kier alpha value is -1.08. The third kappa shape index (κ3) is 3.88. The summed E-state index contributed by atoms with van der Waals surface area (Å²) in [5, 5.41) is 8.48. The van der Waals surface area contributed by atoms with Gasteiger partial charge in [-0.1, -0.05) is 6.92 Å². The van der Waals surface area contributed by atoms with Gasteiger partial charge in [-0.25, -0.2) is 0 Å². The molecule has 1 fully saturated rings. The Morgan fingerprint density at radius 1 is 1.53 bits per heavy atom. The molecule has 0 aromatic carbocycles. The highest BCUT2D eigenvalue weighted by Crippen LogP contribution is 2.15. The average Bonchev–Trinajstić information content (AvgIpc) is 2.18. The van der Waals surface area contributed by atoms with Crippen molar-refractivity contribution in [2.24, 2.45) is 5.92 Å². The van der Waals surface area contributed by atoms with Crippen LogP contribution in [-0.2, 0) is 4.79 Å². The Morgan fingerprint density at radius 2 is 2.13 bits per heavy atom. The highest BCUT2D eigenvalue weighted by molar-refractivity contribution is 5.78. The lowest BCUT2D eigenvalue weighted by Gasteiger charge is -2.31. The summed E-state index contributed by atoms with van der Waals surface area (Å²) in [4.78, 5) is 15.4. The Bertz CT molecular complexity index is 251. The summed E-state index contributed by atoms with van der Waals surface area (Å²) in [5.74, 6) is 0.894. The number of carbonyl (C=O) groups excluding carboxylic acids is 1. The number of piperidine rings is 1. The fraction of sp³-hybridized carbons (Fsp3) is 0.818. The summed E-state index contributed by atoms with van der Waals surface area (Å²) >= 11 is 0. The highest BCUT2D eigenvalue weighted by atomic mass is 16.2. The molecule has 0 bridgehead atoms. The first-order chi connectivity index (χ1) is 7.13. The average molecular weight is 209 g/mol. The number of carbonyl (C=O) groups is 1.